The van der Waals surface area contributed by atoms with Crippen LogP contribution in [0.4, 0.5) is 5.69 Å². The first-order valence-corrected chi connectivity index (χ1v) is 4.88. The number of nitro groups is 1. The molecule has 1 aromatic carbocycles. The molecule has 0 radical (unpaired) electrons. The molecule has 0 aliphatic carbocycles. The Morgan fingerprint density at radius 1 is 1.53 bits per heavy atom. The van der Waals surface area contributed by atoms with Crippen LogP contribution < -0.4 is 4.74 Å². The van der Waals surface area contributed by atoms with Gasteiger partial charge in [0.15, 0.2) is 0 Å². The second-order valence-corrected chi connectivity index (χ2v) is 2.93. The molecule has 0 spiro atoms. The maximum Gasteiger partial charge on any atom is 0.333 e. The molecule has 0 fully saturated rings. The summed E-state index contributed by atoms with van der Waals surface area (Å²) in [5.41, 5.74) is -0.0768. The average Bonchev–Trinajstić information content (AvgIpc) is 2.30. The molecule has 1 aromatic rings. The van der Waals surface area contributed by atoms with Crippen LogP contribution in [-0.2, 0) is 9.53 Å². The van der Waals surface area contributed by atoms with Crippen LogP contribution in [0.25, 0.3) is 0 Å². The Morgan fingerprint density at radius 2 is 2.29 bits per heavy atom. The Labute approximate surface area is 97.6 Å². The van der Waals surface area contributed by atoms with Crippen LogP contribution >= 0.6 is 0 Å². The van der Waals surface area contributed by atoms with Crippen LogP contribution in [0.3, 0.4) is 0 Å². The van der Waals surface area contributed by atoms with Crippen molar-refractivity contribution in [2.45, 2.75) is 6.92 Å². The lowest BCUT2D eigenvalue weighted by Crippen LogP contribution is -1.99. The number of benzene rings is 1. The normalized spacial score (nSPS) is 10.2. The molecule has 0 aromatic heterocycles. The van der Waals surface area contributed by atoms with Crippen LogP contribution in [0.1, 0.15) is 6.92 Å². The lowest BCUT2D eigenvalue weighted by atomic mass is 10.3. The fraction of sp³-hybridized carbons (Fsp3) is 0.182. The largest absolute Gasteiger partial charge is 0.464 e. The van der Waals surface area contributed by atoms with Crippen molar-refractivity contribution < 1.29 is 19.2 Å². The van der Waals surface area contributed by atoms with Gasteiger partial charge >= 0.3 is 5.97 Å². The number of non-ortho nitro benzene ring substituents is 1. The molecule has 6 nitrogen and oxygen atoms in total. The molecule has 0 heterocycles. The van der Waals surface area contributed by atoms with Gasteiger partial charge in [-0.05, 0) is 13.0 Å². The molecule has 0 saturated carbocycles. The van der Waals surface area contributed by atoms with Crippen LogP contribution in [0.5, 0.6) is 5.75 Å². The number of ether oxygens (including phenoxy) is 2. The molecular weight excluding hydrogens is 226 g/mol. The summed E-state index contributed by atoms with van der Waals surface area (Å²) < 4.78 is 9.66. The van der Waals surface area contributed by atoms with E-state index < -0.39 is 10.9 Å². The molecule has 0 amide bonds. The van der Waals surface area contributed by atoms with E-state index in [1.807, 2.05) is 0 Å². The predicted molar refractivity (Wildman–Crippen MR) is 59.5 cm³/mol. The molecule has 0 aliphatic heterocycles. The zero-order valence-corrected chi connectivity index (χ0v) is 9.16. The third-order valence-electron chi connectivity index (χ3n) is 1.72. The van der Waals surface area contributed by atoms with Gasteiger partial charge in [0, 0.05) is 6.07 Å². The molecule has 0 aliphatic rings. The summed E-state index contributed by atoms with van der Waals surface area (Å²) >= 11 is 0. The second-order valence-electron chi connectivity index (χ2n) is 2.93. The van der Waals surface area contributed by atoms with Crippen LogP contribution in [0.15, 0.2) is 36.6 Å². The molecule has 1 rings (SSSR count). The molecule has 90 valence electrons. The summed E-state index contributed by atoms with van der Waals surface area (Å²) in [7, 11) is 0. The van der Waals surface area contributed by atoms with E-state index in [2.05, 4.69) is 4.74 Å². The predicted octanol–water partition coefficient (Wildman–Crippen LogP) is 2.05. The Hall–Kier alpha value is -2.37. The van der Waals surface area contributed by atoms with Gasteiger partial charge in [0.25, 0.3) is 5.69 Å². The van der Waals surface area contributed by atoms with Gasteiger partial charge in [-0.25, -0.2) is 4.79 Å². The van der Waals surface area contributed by atoms with E-state index in [9.17, 15) is 14.9 Å². The highest BCUT2D eigenvalue weighted by Crippen LogP contribution is 2.19. The third kappa shape index (κ3) is 4.33. The van der Waals surface area contributed by atoms with Gasteiger partial charge in [0.1, 0.15) is 5.75 Å². The number of nitro benzene ring substituents is 1. The summed E-state index contributed by atoms with van der Waals surface area (Å²) in [5, 5.41) is 10.5. The minimum atomic E-state index is -0.530. The van der Waals surface area contributed by atoms with Crippen molar-refractivity contribution in [1.29, 1.82) is 0 Å². The van der Waals surface area contributed by atoms with Crippen molar-refractivity contribution in [3.8, 4) is 5.75 Å². The maximum absolute atomic E-state index is 10.9. The standard InChI is InChI=1S/C11H11NO5/c1-2-16-11(13)6-7-17-10-5-3-4-9(8-10)12(14)15/h3-8H,2H2,1H3/b7-6-. The third-order valence-corrected chi connectivity index (χ3v) is 1.72. The van der Waals surface area contributed by atoms with Gasteiger partial charge in [-0.2, -0.15) is 0 Å². The number of carbonyl (C=O) groups excluding carboxylic acids is 1. The van der Waals surface area contributed by atoms with Gasteiger partial charge in [-0.3, -0.25) is 10.1 Å². The summed E-state index contributed by atoms with van der Waals surface area (Å²) in [4.78, 5) is 20.9. The highest BCUT2D eigenvalue weighted by Gasteiger charge is 2.05. The van der Waals surface area contributed by atoms with E-state index in [0.717, 1.165) is 12.3 Å². The van der Waals surface area contributed by atoms with E-state index in [4.69, 9.17) is 4.74 Å². The van der Waals surface area contributed by atoms with Crippen LogP contribution in [0, 0.1) is 10.1 Å². The van der Waals surface area contributed by atoms with Gasteiger partial charge < -0.3 is 9.47 Å². The topological polar surface area (TPSA) is 78.7 Å². The van der Waals surface area contributed by atoms with Crippen molar-refractivity contribution in [2.24, 2.45) is 0 Å². The highest BCUT2D eigenvalue weighted by molar-refractivity contribution is 5.81. The van der Waals surface area contributed by atoms with Crippen molar-refractivity contribution >= 4 is 11.7 Å². The van der Waals surface area contributed by atoms with E-state index in [1.165, 1.54) is 18.2 Å². The average molecular weight is 237 g/mol. The lowest BCUT2D eigenvalue weighted by Gasteiger charge is -1.99. The van der Waals surface area contributed by atoms with Crippen molar-refractivity contribution in [3.63, 3.8) is 0 Å². The molecule has 17 heavy (non-hydrogen) atoms. The Balaban J connectivity index is 2.60. The van der Waals surface area contributed by atoms with E-state index in [-0.39, 0.29) is 18.0 Å². The number of esters is 1. The number of hydrogen-bond acceptors (Lipinski definition) is 5. The van der Waals surface area contributed by atoms with Gasteiger partial charge in [-0.1, -0.05) is 6.07 Å². The number of carbonyl (C=O) groups is 1. The minimum absolute atomic E-state index is 0.0768. The zero-order chi connectivity index (χ0) is 12.7. The van der Waals surface area contributed by atoms with Crippen molar-refractivity contribution in [2.75, 3.05) is 6.61 Å². The van der Waals surface area contributed by atoms with Crippen molar-refractivity contribution in [1.82, 2.24) is 0 Å². The molecule has 0 bridgehead atoms. The maximum atomic E-state index is 10.9. The summed E-state index contributed by atoms with van der Waals surface area (Å²) in [6, 6.07) is 5.64. The van der Waals surface area contributed by atoms with E-state index in [0.29, 0.717) is 0 Å². The quantitative estimate of drug-likeness (QED) is 0.257. The first kappa shape index (κ1) is 12.7. The van der Waals surface area contributed by atoms with E-state index in [1.54, 1.807) is 13.0 Å². The number of hydrogen-bond donors (Lipinski definition) is 0. The monoisotopic (exact) mass is 237 g/mol. The molecule has 0 N–H and O–H groups in total. The molecule has 0 saturated heterocycles. The first-order valence-electron chi connectivity index (χ1n) is 4.88. The smallest absolute Gasteiger partial charge is 0.333 e. The summed E-state index contributed by atoms with van der Waals surface area (Å²) in [5.74, 6) is -0.252. The number of nitrogens with zero attached hydrogens (tertiary/aromatic N) is 1. The fourth-order valence-corrected chi connectivity index (χ4v) is 1.03. The van der Waals surface area contributed by atoms with Gasteiger partial charge in [0.05, 0.1) is 29.9 Å². The first-order chi connectivity index (χ1) is 8.13. The van der Waals surface area contributed by atoms with Gasteiger partial charge in [0.2, 0.25) is 0 Å². The lowest BCUT2D eigenvalue weighted by molar-refractivity contribution is -0.384. The Kier molecular flexibility index (Phi) is 4.68. The number of rotatable bonds is 5. The second kappa shape index (κ2) is 6.26. The Bertz CT molecular complexity index is 441. The molecule has 6 heteroatoms. The Morgan fingerprint density at radius 3 is 2.94 bits per heavy atom. The minimum Gasteiger partial charge on any atom is -0.464 e. The molecule has 0 unspecified atom stereocenters. The van der Waals surface area contributed by atoms with E-state index >= 15 is 0 Å². The summed E-state index contributed by atoms with van der Waals surface area (Å²) in [6.07, 6.45) is 2.22. The zero-order valence-electron chi connectivity index (χ0n) is 9.16. The van der Waals surface area contributed by atoms with Crippen molar-refractivity contribution in [3.05, 3.63) is 46.7 Å². The van der Waals surface area contributed by atoms with Crippen LogP contribution in [-0.4, -0.2) is 17.5 Å². The van der Waals surface area contributed by atoms with Crippen LogP contribution in [0.2, 0.25) is 0 Å². The highest BCUT2D eigenvalue weighted by atomic mass is 16.6. The molecular formula is C11H11NO5. The summed E-state index contributed by atoms with van der Waals surface area (Å²) in [6.45, 7) is 1.97. The van der Waals surface area contributed by atoms with Gasteiger partial charge in [-0.15, -0.1) is 0 Å². The fourth-order valence-electron chi connectivity index (χ4n) is 1.03. The SMILES string of the molecule is CCOC(=O)/C=C\Oc1cccc([N+](=O)[O-])c1. The molecule has 0 atom stereocenters.